The fourth-order valence-electron chi connectivity index (χ4n) is 9.33. The van der Waals surface area contributed by atoms with E-state index in [4.69, 9.17) is 23.7 Å². The van der Waals surface area contributed by atoms with E-state index in [1.165, 1.54) is 42.0 Å². The van der Waals surface area contributed by atoms with Gasteiger partial charge in [0.25, 0.3) is 23.6 Å². The number of likely N-dealkylation sites (N-methyl/N-ethyl adjacent to an activating group) is 4. The summed E-state index contributed by atoms with van der Waals surface area (Å²) < 4.78 is 31.3. The van der Waals surface area contributed by atoms with Crippen LogP contribution in [0.4, 0.5) is 0 Å². The zero-order valence-corrected chi connectivity index (χ0v) is 49.0. The van der Waals surface area contributed by atoms with Gasteiger partial charge in [-0.05, 0) is 92.4 Å². The van der Waals surface area contributed by atoms with Crippen molar-refractivity contribution in [3.63, 3.8) is 0 Å². The Hall–Kier alpha value is -6.83. The summed E-state index contributed by atoms with van der Waals surface area (Å²) in [4.78, 5) is 121. The topological polar surface area (TPSA) is 234 Å². The second-order valence-corrected chi connectivity index (χ2v) is 22.4. The predicted octanol–water partition coefficient (Wildman–Crippen LogP) is 5.80. The third-order valence-electron chi connectivity index (χ3n) is 13.8. The molecule has 8 atom stereocenters. The molecule has 0 aliphatic carbocycles. The molecule has 4 rings (SSSR count). The number of aliphatic hydroxyl groups is 1. The van der Waals surface area contributed by atoms with Crippen LogP contribution >= 0.6 is 0 Å². The van der Waals surface area contributed by atoms with E-state index in [1.807, 2.05) is 74.4 Å². The number of rotatable bonds is 17. The number of nitrogens with zero attached hydrogens (tertiary/aromatic N) is 6. The maximum absolute atomic E-state index is 15.0. The van der Waals surface area contributed by atoms with Gasteiger partial charge in [-0.3, -0.25) is 23.9 Å². The van der Waals surface area contributed by atoms with E-state index < -0.39 is 96.1 Å². The molecule has 1 N–H and O–H groups in total. The Morgan fingerprint density at radius 2 is 0.810 bits per heavy atom. The molecule has 1 fully saturated rings. The van der Waals surface area contributed by atoms with Crippen LogP contribution in [0, 0.1) is 23.7 Å². The van der Waals surface area contributed by atoms with Crippen LogP contribution < -0.4 is 4.74 Å². The highest BCUT2D eigenvalue weighted by Crippen LogP contribution is 2.25. The molecular weight excluding hydrogens is 1020 g/mol. The normalized spacial score (nSPS) is 23.3. The van der Waals surface area contributed by atoms with Crippen molar-refractivity contribution in [2.45, 2.75) is 176 Å². The Morgan fingerprint density at radius 3 is 1.14 bits per heavy atom. The first-order chi connectivity index (χ1) is 37.1. The number of cyclic esters (lactones) is 4. The van der Waals surface area contributed by atoms with E-state index in [9.17, 15) is 43.5 Å². The fraction of sp³-hybridized carbons (Fsp3) is 0.610. The minimum Gasteiger partial charge on any atom is -0.491 e. The van der Waals surface area contributed by atoms with Crippen LogP contribution in [-0.2, 0) is 83.3 Å². The van der Waals surface area contributed by atoms with Gasteiger partial charge in [-0.1, -0.05) is 104 Å². The lowest BCUT2D eigenvalue weighted by Crippen LogP contribution is -2.55. The summed E-state index contributed by atoms with van der Waals surface area (Å²) >= 11 is 0. The first kappa shape index (κ1) is 64.7. The number of carbonyl (C=O) groups excluding carboxylic acids is 8. The van der Waals surface area contributed by atoms with E-state index in [1.54, 1.807) is 53.5 Å². The molecule has 0 unspecified atom stereocenters. The summed E-state index contributed by atoms with van der Waals surface area (Å²) in [6.07, 6.45) is -2.73. The molecule has 436 valence electrons. The van der Waals surface area contributed by atoms with E-state index >= 15 is 0 Å². The summed E-state index contributed by atoms with van der Waals surface area (Å²) in [6, 6.07) is 8.73. The number of hydrogen-bond acceptors (Lipinski definition) is 15. The van der Waals surface area contributed by atoms with Gasteiger partial charge < -0.3 is 48.4 Å². The minimum atomic E-state index is -1.55. The molecule has 0 spiro atoms. The van der Waals surface area contributed by atoms with Gasteiger partial charge in [0.1, 0.15) is 24.2 Å². The van der Waals surface area contributed by atoms with Crippen molar-refractivity contribution in [1.29, 1.82) is 0 Å². The standard InChI is InChI=1S/C59H86N6O14/c1-16-75-45-31-60-65(33-45)32-43-21-17-41(18-22-43)29-50-54(69)63(14)46(25-35(2)3)56(71)76-40(11)53(68)62(13)49(28-38(8)9)59(74)79-51(30-42-19-23-44(34-66)24-20-42)55(70)64(15)47(26-36(4)5)57(72)77-39(10)52(67)61(12)48(27-37(6)7)58(73)78-50/h17-24,31,33,35-40,46-51,66H,16,25-30,32,34H2,1-15H3/t39-,40-,46+,47+,48+,49+,50-,51-/m1/s1. The number of hydrogen-bond donors (Lipinski definition) is 1. The van der Waals surface area contributed by atoms with E-state index in [-0.39, 0.29) is 68.8 Å². The van der Waals surface area contributed by atoms with Crippen LogP contribution in [-0.4, -0.2) is 165 Å². The van der Waals surface area contributed by atoms with Gasteiger partial charge in [0.2, 0.25) is 0 Å². The zero-order chi connectivity index (χ0) is 59.0. The van der Waals surface area contributed by atoms with Crippen molar-refractivity contribution in [2.75, 3.05) is 34.8 Å². The highest BCUT2D eigenvalue weighted by molar-refractivity contribution is 5.94. The number of esters is 4. The zero-order valence-electron chi connectivity index (χ0n) is 49.0. The number of benzene rings is 2. The Bertz CT molecular complexity index is 2510. The number of amides is 4. The van der Waals surface area contributed by atoms with Crippen molar-refractivity contribution < 1.29 is 67.1 Å². The fourth-order valence-corrected chi connectivity index (χ4v) is 9.33. The summed E-state index contributed by atoms with van der Waals surface area (Å²) in [7, 11) is 5.50. The smallest absolute Gasteiger partial charge is 0.329 e. The molecule has 1 aromatic heterocycles. The SMILES string of the molecule is CCOc1cnn(Cc2ccc(C[C@H]3OC(=O)[C@H](CC(C)C)N(C)C(=O)[C@@H](C)OC(=O)[C@H](CC(C)C)N(C)C(=O)[C@@H](Cc4ccc(CO)cc4)OC(=O)[C@H](CC(C)C)N(C)C(=O)[C@@H](C)OC(=O)[C@H](CC(C)C)N(C)C3=O)cc2)c1. The molecule has 79 heavy (non-hydrogen) atoms. The van der Waals surface area contributed by atoms with E-state index in [2.05, 4.69) is 5.10 Å². The lowest BCUT2D eigenvalue weighted by molar-refractivity contribution is -0.176. The summed E-state index contributed by atoms with van der Waals surface area (Å²) in [5, 5.41) is 14.1. The molecule has 20 heteroatoms. The average molecular weight is 1100 g/mol. The maximum Gasteiger partial charge on any atom is 0.329 e. The van der Waals surface area contributed by atoms with Crippen molar-refractivity contribution in [3.8, 4) is 5.75 Å². The van der Waals surface area contributed by atoms with Crippen LogP contribution in [0.25, 0.3) is 0 Å². The quantitative estimate of drug-likeness (QED) is 0.124. The molecule has 1 aliphatic heterocycles. The molecule has 0 radical (unpaired) electrons. The first-order valence-electron chi connectivity index (χ1n) is 27.5. The minimum absolute atomic E-state index is 0.0695. The first-order valence-corrected chi connectivity index (χ1v) is 27.5. The lowest BCUT2D eigenvalue weighted by Gasteiger charge is -2.35. The number of ether oxygens (including phenoxy) is 5. The molecule has 3 aromatic rings. The molecule has 2 heterocycles. The van der Waals surface area contributed by atoms with Gasteiger partial charge in [0, 0.05) is 41.0 Å². The number of aromatic nitrogens is 2. The molecule has 1 saturated heterocycles. The third-order valence-corrected chi connectivity index (χ3v) is 13.8. The van der Waals surface area contributed by atoms with Gasteiger partial charge >= 0.3 is 23.9 Å². The van der Waals surface area contributed by atoms with E-state index in [0.29, 0.717) is 35.6 Å². The van der Waals surface area contributed by atoms with Gasteiger partial charge in [0.05, 0.1) is 32.2 Å². The van der Waals surface area contributed by atoms with E-state index in [0.717, 1.165) is 25.2 Å². The average Bonchev–Trinajstić information content (AvgIpc) is 3.84. The van der Waals surface area contributed by atoms with Crippen LogP contribution in [0.5, 0.6) is 5.75 Å². The number of carbonyl (C=O) groups is 8. The largest absolute Gasteiger partial charge is 0.491 e. The summed E-state index contributed by atoms with van der Waals surface area (Å²) in [5.41, 5.74) is 2.62. The predicted molar refractivity (Wildman–Crippen MR) is 294 cm³/mol. The van der Waals surface area contributed by atoms with Crippen LogP contribution in [0.2, 0.25) is 0 Å². The molecule has 20 nitrogen and oxygen atoms in total. The van der Waals surface area contributed by atoms with Crippen LogP contribution in [0.1, 0.15) is 124 Å². The second-order valence-electron chi connectivity index (χ2n) is 22.4. The van der Waals surface area contributed by atoms with Crippen molar-refractivity contribution in [3.05, 3.63) is 83.2 Å². The second kappa shape index (κ2) is 29.9. The lowest BCUT2D eigenvalue weighted by atomic mass is 9.99. The van der Waals surface area contributed by atoms with Gasteiger partial charge in [-0.25, -0.2) is 19.2 Å². The number of aliphatic hydroxyl groups excluding tert-OH is 1. The highest BCUT2D eigenvalue weighted by Gasteiger charge is 2.43. The van der Waals surface area contributed by atoms with Gasteiger partial charge in [-0.2, -0.15) is 5.10 Å². The Kier molecular flexibility index (Phi) is 24.5. The highest BCUT2D eigenvalue weighted by atomic mass is 16.6. The third kappa shape index (κ3) is 18.6. The van der Waals surface area contributed by atoms with Crippen molar-refractivity contribution >= 4 is 47.5 Å². The van der Waals surface area contributed by atoms with Gasteiger partial charge in [0.15, 0.2) is 30.2 Å². The molecule has 2 aromatic carbocycles. The van der Waals surface area contributed by atoms with Crippen molar-refractivity contribution in [1.82, 2.24) is 29.4 Å². The monoisotopic (exact) mass is 1100 g/mol. The molecular formula is C59H86N6O14. The Balaban J connectivity index is 1.85. The van der Waals surface area contributed by atoms with Crippen molar-refractivity contribution in [2.24, 2.45) is 23.7 Å². The van der Waals surface area contributed by atoms with Crippen LogP contribution in [0.15, 0.2) is 60.9 Å². The molecule has 0 saturated carbocycles. The Morgan fingerprint density at radius 1 is 0.494 bits per heavy atom. The summed E-state index contributed by atoms with van der Waals surface area (Å²) in [5.74, 6) is -6.98. The molecule has 4 amide bonds. The maximum atomic E-state index is 15.0. The summed E-state index contributed by atoms with van der Waals surface area (Å²) in [6.45, 7) is 19.9. The van der Waals surface area contributed by atoms with Gasteiger partial charge in [-0.15, -0.1) is 0 Å². The van der Waals surface area contributed by atoms with Crippen LogP contribution in [0.3, 0.4) is 0 Å². The molecule has 0 bridgehead atoms. The Labute approximate surface area is 466 Å². The molecule has 1 aliphatic rings.